The molecule has 1 amide bonds. The fraction of sp³-hybridized carbons (Fsp3) is 0.182. The van der Waals surface area contributed by atoms with Crippen molar-refractivity contribution in [2.45, 2.75) is 6.92 Å². The second-order valence-electron chi connectivity index (χ2n) is 3.65. The van der Waals surface area contributed by atoms with Gasteiger partial charge in [-0.1, -0.05) is 22.5 Å². The number of rotatable bonds is 3. The third kappa shape index (κ3) is 2.21. The molecule has 0 radical (unpaired) electrons. The number of carbonyl (C=O) groups is 1. The van der Waals surface area contributed by atoms with Gasteiger partial charge < -0.3 is 14.7 Å². The van der Waals surface area contributed by atoms with Gasteiger partial charge in [-0.15, -0.1) is 0 Å². The topological polar surface area (TPSA) is 88.0 Å². The summed E-state index contributed by atoms with van der Waals surface area (Å²) < 4.78 is 5.91. The number of carbonyl (C=O) groups excluding carboxylic acids is 1. The highest BCUT2D eigenvalue weighted by molar-refractivity contribution is 9.11. The summed E-state index contributed by atoms with van der Waals surface area (Å²) in [7, 11) is 0. The molecule has 94 valence electrons. The lowest BCUT2D eigenvalue weighted by Gasteiger charge is -2.02. The summed E-state index contributed by atoms with van der Waals surface area (Å²) in [6.07, 6.45) is 1.23. The van der Waals surface area contributed by atoms with Crippen molar-refractivity contribution in [3.63, 3.8) is 0 Å². The fourth-order valence-electron chi connectivity index (χ4n) is 1.59. The van der Waals surface area contributed by atoms with E-state index >= 15 is 0 Å². The van der Waals surface area contributed by atoms with Crippen LogP contribution >= 0.6 is 15.9 Å². The first-order valence-electron chi connectivity index (χ1n) is 5.09. The molecule has 2 N–H and O–H groups in total. The third-order valence-electron chi connectivity index (χ3n) is 2.34. The van der Waals surface area contributed by atoms with Crippen molar-refractivity contribution < 1.29 is 9.21 Å². The molecule has 2 rings (SSSR count). The summed E-state index contributed by atoms with van der Waals surface area (Å²) in [5.41, 5.74) is -0.0492. The minimum absolute atomic E-state index is 0.152. The van der Waals surface area contributed by atoms with E-state index in [1.165, 1.54) is 6.33 Å². The highest BCUT2D eigenvalue weighted by Gasteiger charge is 2.21. The molecule has 2 aromatic heterocycles. The maximum Gasteiger partial charge on any atom is 0.262 e. The van der Waals surface area contributed by atoms with Gasteiger partial charge in [0.2, 0.25) is 5.71 Å². The second kappa shape index (κ2) is 4.77. The van der Waals surface area contributed by atoms with Crippen molar-refractivity contribution in [1.29, 1.82) is 0 Å². The summed E-state index contributed by atoms with van der Waals surface area (Å²) in [4.78, 5) is 30.0. The molecule has 7 heteroatoms. The predicted octanol–water partition coefficient (Wildman–Crippen LogP) is 1.46. The SMILES string of the molecule is C=C(Br)CNC(=O)c1c(C)oc2nc[nH]c(=O)c12. The van der Waals surface area contributed by atoms with Crippen LogP contribution in [0.2, 0.25) is 0 Å². The van der Waals surface area contributed by atoms with Crippen molar-refractivity contribution in [1.82, 2.24) is 15.3 Å². The number of halogens is 1. The zero-order valence-electron chi connectivity index (χ0n) is 9.54. The van der Waals surface area contributed by atoms with Crippen LogP contribution in [-0.2, 0) is 0 Å². The fourth-order valence-corrected chi connectivity index (χ4v) is 1.73. The van der Waals surface area contributed by atoms with Crippen LogP contribution in [0.3, 0.4) is 0 Å². The van der Waals surface area contributed by atoms with Gasteiger partial charge in [0.1, 0.15) is 11.1 Å². The number of nitrogens with one attached hydrogen (secondary N) is 2. The van der Waals surface area contributed by atoms with E-state index < -0.39 is 11.5 Å². The first kappa shape index (κ1) is 12.6. The van der Waals surface area contributed by atoms with E-state index in [9.17, 15) is 9.59 Å². The Balaban J connectivity index is 2.50. The van der Waals surface area contributed by atoms with E-state index in [0.29, 0.717) is 10.2 Å². The van der Waals surface area contributed by atoms with Gasteiger partial charge in [-0.2, -0.15) is 0 Å². The van der Waals surface area contributed by atoms with Gasteiger partial charge in [-0.05, 0) is 6.92 Å². The minimum Gasteiger partial charge on any atom is -0.442 e. The maximum absolute atomic E-state index is 12.0. The van der Waals surface area contributed by atoms with Gasteiger partial charge in [0.05, 0.1) is 11.9 Å². The third-order valence-corrected chi connectivity index (χ3v) is 2.62. The summed E-state index contributed by atoms with van der Waals surface area (Å²) >= 11 is 3.14. The Labute approximate surface area is 110 Å². The lowest BCUT2D eigenvalue weighted by Crippen LogP contribution is -2.26. The highest BCUT2D eigenvalue weighted by Crippen LogP contribution is 2.20. The Morgan fingerprint density at radius 2 is 2.39 bits per heavy atom. The van der Waals surface area contributed by atoms with Crippen LogP contribution in [0.25, 0.3) is 11.1 Å². The number of H-pyrrole nitrogens is 1. The number of furan rings is 1. The van der Waals surface area contributed by atoms with Gasteiger partial charge >= 0.3 is 0 Å². The van der Waals surface area contributed by atoms with Gasteiger partial charge in [-0.25, -0.2) is 4.98 Å². The van der Waals surface area contributed by atoms with Crippen molar-refractivity contribution >= 4 is 32.9 Å². The Bertz CT molecular complexity index is 686. The monoisotopic (exact) mass is 311 g/mol. The van der Waals surface area contributed by atoms with E-state index in [-0.39, 0.29) is 23.2 Å². The van der Waals surface area contributed by atoms with Crippen molar-refractivity contribution in [3.8, 4) is 0 Å². The molecule has 0 fully saturated rings. The second-order valence-corrected chi connectivity index (χ2v) is 4.77. The number of hydrogen-bond donors (Lipinski definition) is 2. The van der Waals surface area contributed by atoms with Crippen molar-refractivity contribution in [2.24, 2.45) is 0 Å². The summed E-state index contributed by atoms with van der Waals surface area (Å²) in [5.74, 6) is -0.0442. The summed E-state index contributed by atoms with van der Waals surface area (Å²) in [6, 6.07) is 0. The van der Waals surface area contributed by atoms with E-state index in [4.69, 9.17) is 4.42 Å². The quantitative estimate of drug-likeness (QED) is 0.898. The molecular formula is C11H10BrN3O3. The van der Waals surface area contributed by atoms with E-state index in [2.05, 4.69) is 37.8 Å². The minimum atomic E-state index is -0.403. The Morgan fingerprint density at radius 1 is 1.67 bits per heavy atom. The first-order chi connectivity index (χ1) is 8.50. The van der Waals surface area contributed by atoms with Crippen LogP contribution in [0.1, 0.15) is 16.1 Å². The molecule has 0 saturated carbocycles. The smallest absolute Gasteiger partial charge is 0.262 e. The Morgan fingerprint density at radius 3 is 3.06 bits per heavy atom. The van der Waals surface area contributed by atoms with Crippen LogP contribution in [0, 0.1) is 6.92 Å². The number of aromatic amines is 1. The molecule has 0 atom stereocenters. The van der Waals surface area contributed by atoms with Crippen LogP contribution in [0.4, 0.5) is 0 Å². The Kier molecular flexibility index (Phi) is 3.33. The molecule has 2 heterocycles. The van der Waals surface area contributed by atoms with Gasteiger partial charge in [0, 0.05) is 11.0 Å². The lowest BCUT2D eigenvalue weighted by molar-refractivity contribution is 0.0957. The van der Waals surface area contributed by atoms with Gasteiger partial charge in [0.15, 0.2) is 0 Å². The molecule has 2 aromatic rings. The number of aryl methyl sites for hydroxylation is 1. The molecule has 0 aliphatic heterocycles. The number of hydrogen-bond acceptors (Lipinski definition) is 4. The molecule has 0 spiro atoms. The molecule has 0 aromatic carbocycles. The van der Waals surface area contributed by atoms with Crippen LogP contribution in [-0.4, -0.2) is 22.4 Å². The summed E-state index contributed by atoms with van der Waals surface area (Å²) in [6.45, 7) is 5.49. The molecular weight excluding hydrogens is 302 g/mol. The lowest BCUT2D eigenvalue weighted by atomic mass is 10.2. The molecule has 0 aliphatic carbocycles. The zero-order chi connectivity index (χ0) is 13.3. The number of fused-ring (bicyclic) bond motifs is 1. The summed E-state index contributed by atoms with van der Waals surface area (Å²) in [5, 5.41) is 2.78. The van der Waals surface area contributed by atoms with Gasteiger partial charge in [0.25, 0.3) is 11.5 Å². The standard InChI is InChI=1S/C11H10BrN3O3/c1-5(12)3-13-9(16)7-6(2)18-11-8(7)10(17)14-4-15-11/h4H,1,3H2,2H3,(H,13,16)(H,14,15,17). The normalized spacial score (nSPS) is 10.6. The van der Waals surface area contributed by atoms with E-state index in [1.54, 1.807) is 6.92 Å². The molecule has 18 heavy (non-hydrogen) atoms. The average molecular weight is 312 g/mol. The van der Waals surface area contributed by atoms with E-state index in [1.807, 2.05) is 0 Å². The van der Waals surface area contributed by atoms with Crippen molar-refractivity contribution in [3.05, 3.63) is 39.1 Å². The molecule has 6 nitrogen and oxygen atoms in total. The first-order valence-corrected chi connectivity index (χ1v) is 5.88. The van der Waals surface area contributed by atoms with Crippen molar-refractivity contribution in [2.75, 3.05) is 6.54 Å². The van der Waals surface area contributed by atoms with E-state index in [0.717, 1.165) is 0 Å². The highest BCUT2D eigenvalue weighted by atomic mass is 79.9. The molecule has 0 unspecified atom stereocenters. The number of aromatic nitrogens is 2. The van der Waals surface area contributed by atoms with Crippen LogP contribution < -0.4 is 10.9 Å². The maximum atomic E-state index is 12.0. The Hall–Kier alpha value is -1.89. The number of nitrogens with zero attached hydrogens (tertiary/aromatic N) is 1. The van der Waals surface area contributed by atoms with Crippen LogP contribution in [0.15, 0.2) is 26.6 Å². The van der Waals surface area contributed by atoms with Crippen LogP contribution in [0.5, 0.6) is 0 Å². The number of amides is 1. The molecule has 0 bridgehead atoms. The largest absolute Gasteiger partial charge is 0.442 e. The molecule has 0 aliphatic rings. The zero-order valence-corrected chi connectivity index (χ0v) is 11.1. The molecule has 0 saturated heterocycles. The van der Waals surface area contributed by atoms with Gasteiger partial charge in [-0.3, -0.25) is 9.59 Å². The predicted molar refractivity (Wildman–Crippen MR) is 69.8 cm³/mol. The average Bonchev–Trinajstić information content (AvgIpc) is 2.63.